The fourth-order valence-electron chi connectivity index (χ4n) is 2.64. The van der Waals surface area contributed by atoms with Crippen molar-refractivity contribution in [2.75, 3.05) is 0 Å². The molecule has 0 fully saturated rings. The predicted molar refractivity (Wildman–Crippen MR) is 106 cm³/mol. The summed E-state index contributed by atoms with van der Waals surface area (Å²) in [6, 6.07) is 14.2. The predicted octanol–water partition coefficient (Wildman–Crippen LogP) is 3.18. The maximum atomic E-state index is 13.1. The van der Waals surface area contributed by atoms with Gasteiger partial charge in [0, 0.05) is 0 Å². The lowest BCUT2D eigenvalue weighted by molar-refractivity contribution is -0.166. The van der Waals surface area contributed by atoms with Crippen LogP contribution in [0, 0.1) is 5.82 Å². The Morgan fingerprint density at radius 2 is 1.77 bits per heavy atom. The van der Waals surface area contributed by atoms with Crippen LogP contribution in [0.3, 0.4) is 0 Å². The van der Waals surface area contributed by atoms with Gasteiger partial charge in [0.2, 0.25) is 11.9 Å². The SMILES string of the molecule is Br.CC1(C)N=C(N)N=C(N)N1OCc1cccc(-c2ccc(F)cc2)c1. The normalized spacial score (nSPS) is 15.7. The lowest BCUT2D eigenvalue weighted by atomic mass is 10.0. The number of hydrogen-bond acceptors (Lipinski definition) is 6. The van der Waals surface area contributed by atoms with Gasteiger partial charge in [0.25, 0.3) is 0 Å². The first-order chi connectivity index (χ1) is 11.8. The molecule has 0 saturated carbocycles. The molecule has 1 heterocycles. The van der Waals surface area contributed by atoms with E-state index < -0.39 is 5.66 Å². The maximum Gasteiger partial charge on any atom is 0.226 e. The minimum Gasteiger partial charge on any atom is -0.368 e. The Bertz CT molecular complexity index is 836. The van der Waals surface area contributed by atoms with Crippen LogP contribution in [-0.4, -0.2) is 22.6 Å². The zero-order valence-corrected chi connectivity index (χ0v) is 16.2. The molecule has 3 rings (SSSR count). The van der Waals surface area contributed by atoms with Crippen LogP contribution in [0.1, 0.15) is 19.4 Å². The molecule has 26 heavy (non-hydrogen) atoms. The fraction of sp³-hybridized carbons (Fsp3) is 0.222. The number of nitrogens with two attached hydrogens (primary N) is 2. The number of nitrogens with zero attached hydrogens (tertiary/aromatic N) is 3. The molecule has 0 aliphatic carbocycles. The van der Waals surface area contributed by atoms with Crippen molar-refractivity contribution in [2.45, 2.75) is 26.1 Å². The van der Waals surface area contributed by atoms with Crippen LogP contribution < -0.4 is 11.5 Å². The molecule has 0 spiro atoms. The van der Waals surface area contributed by atoms with Crippen LogP contribution in [0.2, 0.25) is 0 Å². The van der Waals surface area contributed by atoms with Gasteiger partial charge in [-0.3, -0.25) is 4.84 Å². The van der Waals surface area contributed by atoms with E-state index in [4.69, 9.17) is 16.3 Å². The molecule has 0 aromatic heterocycles. The molecule has 2 aromatic carbocycles. The number of benzene rings is 2. The number of hydroxylamine groups is 2. The summed E-state index contributed by atoms with van der Waals surface area (Å²) < 4.78 is 13.1. The molecule has 4 N–H and O–H groups in total. The van der Waals surface area contributed by atoms with E-state index in [0.717, 1.165) is 16.7 Å². The standard InChI is InChI=1S/C18H20FN5O.BrH/c1-18(2)23-16(20)22-17(21)24(18)25-11-12-4-3-5-14(10-12)13-6-8-15(19)9-7-13;/h3-10H,11H2,1-2H3,(H4,20,21,22,23);1H. The Morgan fingerprint density at radius 3 is 2.42 bits per heavy atom. The van der Waals surface area contributed by atoms with Crippen molar-refractivity contribution < 1.29 is 9.23 Å². The summed E-state index contributed by atoms with van der Waals surface area (Å²) in [6.07, 6.45) is 0. The van der Waals surface area contributed by atoms with E-state index in [0.29, 0.717) is 0 Å². The van der Waals surface area contributed by atoms with E-state index in [2.05, 4.69) is 9.98 Å². The van der Waals surface area contributed by atoms with Crippen molar-refractivity contribution in [3.05, 3.63) is 59.9 Å². The third kappa shape index (κ3) is 4.39. The van der Waals surface area contributed by atoms with E-state index >= 15 is 0 Å². The minimum atomic E-state index is -0.746. The Labute approximate surface area is 162 Å². The molecule has 0 amide bonds. The van der Waals surface area contributed by atoms with Crippen molar-refractivity contribution in [3.8, 4) is 11.1 Å². The molecule has 0 radical (unpaired) electrons. The van der Waals surface area contributed by atoms with Gasteiger partial charge in [0.1, 0.15) is 12.4 Å². The smallest absolute Gasteiger partial charge is 0.226 e. The van der Waals surface area contributed by atoms with Crippen molar-refractivity contribution in [1.82, 2.24) is 5.06 Å². The first-order valence-corrected chi connectivity index (χ1v) is 7.83. The second kappa shape index (κ2) is 7.84. The number of halogens is 2. The maximum absolute atomic E-state index is 13.1. The number of aliphatic imine (C=N–C) groups is 2. The van der Waals surface area contributed by atoms with Crippen molar-refractivity contribution >= 4 is 28.9 Å². The first-order valence-electron chi connectivity index (χ1n) is 7.83. The summed E-state index contributed by atoms with van der Waals surface area (Å²) in [5.41, 5.74) is 13.6. The Balaban J connectivity index is 0.00000243. The molecule has 0 atom stereocenters. The largest absolute Gasteiger partial charge is 0.368 e. The number of hydrogen-bond donors (Lipinski definition) is 2. The molecule has 2 aromatic rings. The zero-order valence-electron chi connectivity index (χ0n) is 14.5. The fourth-order valence-corrected chi connectivity index (χ4v) is 2.64. The van der Waals surface area contributed by atoms with Crippen LogP contribution in [0.5, 0.6) is 0 Å². The zero-order chi connectivity index (χ0) is 18.0. The highest BCUT2D eigenvalue weighted by Crippen LogP contribution is 2.23. The van der Waals surface area contributed by atoms with Crippen molar-refractivity contribution in [2.24, 2.45) is 21.5 Å². The van der Waals surface area contributed by atoms with E-state index in [1.165, 1.54) is 17.2 Å². The molecular weight excluding hydrogens is 401 g/mol. The number of guanidine groups is 2. The van der Waals surface area contributed by atoms with Gasteiger partial charge in [-0.25, -0.2) is 9.38 Å². The second-order valence-corrected chi connectivity index (χ2v) is 6.21. The summed E-state index contributed by atoms with van der Waals surface area (Å²) in [5.74, 6) is 0.0259. The molecule has 0 saturated heterocycles. The lowest BCUT2D eigenvalue weighted by Gasteiger charge is -2.36. The van der Waals surface area contributed by atoms with Gasteiger partial charge in [-0.05, 0) is 48.7 Å². The number of rotatable bonds is 4. The lowest BCUT2D eigenvalue weighted by Crippen LogP contribution is -2.53. The summed E-state index contributed by atoms with van der Waals surface area (Å²) in [4.78, 5) is 14.0. The van der Waals surface area contributed by atoms with Gasteiger partial charge in [0.05, 0.1) is 0 Å². The second-order valence-electron chi connectivity index (χ2n) is 6.21. The average molecular weight is 422 g/mol. The van der Waals surface area contributed by atoms with Crippen LogP contribution in [0.15, 0.2) is 58.5 Å². The monoisotopic (exact) mass is 421 g/mol. The molecular formula is C18H21BrFN5O. The van der Waals surface area contributed by atoms with E-state index in [-0.39, 0.29) is 41.3 Å². The van der Waals surface area contributed by atoms with Gasteiger partial charge < -0.3 is 11.5 Å². The van der Waals surface area contributed by atoms with Gasteiger partial charge in [-0.1, -0.05) is 30.3 Å². The third-order valence-corrected chi connectivity index (χ3v) is 3.79. The van der Waals surface area contributed by atoms with E-state index in [1.54, 1.807) is 12.1 Å². The summed E-state index contributed by atoms with van der Waals surface area (Å²) in [5, 5.41) is 1.44. The minimum absolute atomic E-state index is 0. The first kappa shape index (κ1) is 19.9. The van der Waals surface area contributed by atoms with Gasteiger partial charge in [0.15, 0.2) is 5.66 Å². The molecule has 1 aliphatic heterocycles. The van der Waals surface area contributed by atoms with Crippen LogP contribution >= 0.6 is 17.0 Å². The molecule has 138 valence electrons. The van der Waals surface area contributed by atoms with Gasteiger partial charge in [-0.2, -0.15) is 10.1 Å². The summed E-state index contributed by atoms with van der Waals surface area (Å²) >= 11 is 0. The molecule has 0 bridgehead atoms. The topological polar surface area (TPSA) is 89.2 Å². The van der Waals surface area contributed by atoms with Gasteiger partial charge >= 0.3 is 0 Å². The van der Waals surface area contributed by atoms with E-state index in [9.17, 15) is 4.39 Å². The quantitative estimate of drug-likeness (QED) is 0.792. The summed E-state index contributed by atoms with van der Waals surface area (Å²) in [6.45, 7) is 3.94. The molecule has 1 aliphatic rings. The van der Waals surface area contributed by atoms with Crippen molar-refractivity contribution in [3.63, 3.8) is 0 Å². The van der Waals surface area contributed by atoms with Crippen LogP contribution in [-0.2, 0) is 11.4 Å². The molecule has 6 nitrogen and oxygen atoms in total. The Morgan fingerprint density at radius 1 is 1.08 bits per heavy atom. The average Bonchev–Trinajstić information content (AvgIpc) is 2.54. The van der Waals surface area contributed by atoms with Gasteiger partial charge in [-0.15, -0.1) is 17.0 Å². The Hall–Kier alpha value is -2.45. The molecule has 8 heteroatoms. The van der Waals surface area contributed by atoms with Crippen LogP contribution in [0.4, 0.5) is 4.39 Å². The molecule has 0 unspecified atom stereocenters. The van der Waals surface area contributed by atoms with Crippen LogP contribution in [0.25, 0.3) is 11.1 Å². The highest BCUT2D eigenvalue weighted by Gasteiger charge is 2.33. The van der Waals surface area contributed by atoms with Crippen molar-refractivity contribution in [1.29, 1.82) is 0 Å². The summed E-state index contributed by atoms with van der Waals surface area (Å²) in [7, 11) is 0. The highest BCUT2D eigenvalue weighted by atomic mass is 79.9. The highest BCUT2D eigenvalue weighted by molar-refractivity contribution is 8.93. The third-order valence-electron chi connectivity index (χ3n) is 3.79. The Kier molecular flexibility index (Phi) is 5.99. The van der Waals surface area contributed by atoms with E-state index in [1.807, 2.05) is 38.1 Å².